The third kappa shape index (κ3) is 5.45. The van der Waals surface area contributed by atoms with Crippen LogP contribution in [0, 0.1) is 10.8 Å². The summed E-state index contributed by atoms with van der Waals surface area (Å²) >= 11 is 0. The molecule has 1 N–H and O–H groups in total. The van der Waals surface area contributed by atoms with Gasteiger partial charge < -0.3 is 0 Å². The van der Waals surface area contributed by atoms with Gasteiger partial charge in [0.1, 0.15) is 0 Å². The van der Waals surface area contributed by atoms with Gasteiger partial charge in [-0.05, 0) is 17.4 Å². The third-order valence-corrected chi connectivity index (χ3v) is 0.505. The van der Waals surface area contributed by atoms with Crippen LogP contribution in [-0.4, -0.2) is 5.87 Å². The third-order valence-electron chi connectivity index (χ3n) is 0.505. The van der Waals surface area contributed by atoms with Crippen molar-refractivity contribution in [1.29, 1.82) is 5.41 Å². The average molecular weight is 97.2 g/mol. The lowest BCUT2D eigenvalue weighted by Gasteiger charge is -2.07. The van der Waals surface area contributed by atoms with Gasteiger partial charge in [-0.3, -0.25) is 5.41 Å². The molecule has 0 aliphatic heterocycles. The van der Waals surface area contributed by atoms with Gasteiger partial charge in [-0.2, -0.15) is 0 Å². The van der Waals surface area contributed by atoms with Gasteiger partial charge in [0.2, 0.25) is 0 Å². The van der Waals surface area contributed by atoms with E-state index in [9.17, 15) is 0 Å². The molecule has 7 heavy (non-hydrogen) atoms. The van der Waals surface area contributed by atoms with Crippen LogP contribution in [0.2, 0.25) is 0 Å². The molecule has 0 amide bonds. The number of nitrogens with one attached hydrogen (secondary N) is 1. The Labute approximate surface area is 44.6 Å². The quantitative estimate of drug-likeness (QED) is 0.446. The highest BCUT2D eigenvalue weighted by atomic mass is 14.3. The van der Waals surface area contributed by atoms with Gasteiger partial charge in [0.15, 0.2) is 0 Å². The molecule has 0 aromatic heterocycles. The van der Waals surface area contributed by atoms with Crippen molar-refractivity contribution in [3.05, 3.63) is 6.08 Å². The highest BCUT2D eigenvalue weighted by molar-refractivity contribution is 5.48. The molecule has 0 rings (SSSR count). The molecule has 1 nitrogen and oxygen atoms in total. The van der Waals surface area contributed by atoms with E-state index in [1.54, 1.807) is 6.08 Å². The van der Waals surface area contributed by atoms with E-state index in [1.807, 2.05) is 20.8 Å². The van der Waals surface area contributed by atoms with E-state index in [-0.39, 0.29) is 5.41 Å². The summed E-state index contributed by atoms with van der Waals surface area (Å²) in [7, 11) is 0. The van der Waals surface area contributed by atoms with Crippen molar-refractivity contribution in [2.45, 2.75) is 20.8 Å². The molecule has 0 aliphatic rings. The zero-order valence-electron chi connectivity index (χ0n) is 5.08. The molecular weight excluding hydrogens is 86.1 g/mol. The summed E-state index contributed by atoms with van der Waals surface area (Å²) in [6.07, 6.45) is 1.73. The molecule has 40 valence electrons. The van der Waals surface area contributed by atoms with E-state index in [2.05, 4.69) is 5.87 Å². The molecule has 0 bridgehead atoms. The highest BCUT2D eigenvalue weighted by Gasteiger charge is 2.01. The highest BCUT2D eigenvalue weighted by Crippen LogP contribution is 2.11. The zero-order valence-corrected chi connectivity index (χ0v) is 5.08. The van der Waals surface area contributed by atoms with Crippen molar-refractivity contribution < 1.29 is 0 Å². The Bertz CT molecular complexity index is 91.2. The summed E-state index contributed by atoms with van der Waals surface area (Å²) in [5.41, 5.74) is 0.127. The first-order valence-electron chi connectivity index (χ1n) is 2.33. The second-order valence-corrected chi connectivity index (χ2v) is 2.65. The van der Waals surface area contributed by atoms with Crippen molar-refractivity contribution in [3.63, 3.8) is 0 Å². The molecule has 0 unspecified atom stereocenters. The van der Waals surface area contributed by atoms with Crippen LogP contribution in [-0.2, 0) is 0 Å². The predicted octanol–water partition coefficient (Wildman–Crippen LogP) is 1.84. The van der Waals surface area contributed by atoms with E-state index >= 15 is 0 Å². The first-order chi connectivity index (χ1) is 3.06. The summed E-state index contributed by atoms with van der Waals surface area (Å²) in [4.78, 5) is 0. The SMILES string of the molecule is CC(C)(C)C=C=N. The second-order valence-electron chi connectivity index (χ2n) is 2.65. The van der Waals surface area contributed by atoms with Gasteiger partial charge in [0, 0.05) is 0 Å². The molecule has 0 aromatic rings. The number of rotatable bonds is 0. The summed E-state index contributed by atoms with van der Waals surface area (Å²) < 4.78 is 0. The van der Waals surface area contributed by atoms with Gasteiger partial charge in [0.25, 0.3) is 0 Å². The van der Waals surface area contributed by atoms with E-state index in [0.717, 1.165) is 0 Å². The van der Waals surface area contributed by atoms with Crippen molar-refractivity contribution in [1.82, 2.24) is 0 Å². The van der Waals surface area contributed by atoms with E-state index in [0.29, 0.717) is 0 Å². The summed E-state index contributed by atoms with van der Waals surface area (Å²) in [6, 6.07) is 0. The van der Waals surface area contributed by atoms with Gasteiger partial charge in [-0.15, -0.1) is 0 Å². The molecule has 0 fully saturated rings. The Morgan fingerprint density at radius 2 is 1.86 bits per heavy atom. The largest absolute Gasteiger partial charge is 0.259 e. The first-order valence-corrected chi connectivity index (χ1v) is 2.33. The lowest BCUT2D eigenvalue weighted by molar-refractivity contribution is 0.549. The molecule has 1 heteroatoms. The molecular formula is C6H11N. The Kier molecular flexibility index (Phi) is 1.79. The van der Waals surface area contributed by atoms with Crippen LogP contribution in [0.4, 0.5) is 0 Å². The Morgan fingerprint density at radius 3 is 1.86 bits per heavy atom. The number of hydrogen-bond donors (Lipinski definition) is 1. The molecule has 0 heterocycles. The summed E-state index contributed by atoms with van der Waals surface area (Å²) in [5, 5.41) is 6.55. The van der Waals surface area contributed by atoms with Gasteiger partial charge in [-0.25, -0.2) is 0 Å². The maximum absolute atomic E-state index is 6.55. The normalized spacial score (nSPS) is 10.1. The van der Waals surface area contributed by atoms with E-state index in [1.165, 1.54) is 0 Å². The fourth-order valence-corrected chi connectivity index (χ4v) is 0.217. The monoisotopic (exact) mass is 97.1 g/mol. The summed E-state index contributed by atoms with van der Waals surface area (Å²) in [6.45, 7) is 6.11. The van der Waals surface area contributed by atoms with Crippen LogP contribution < -0.4 is 0 Å². The van der Waals surface area contributed by atoms with Crippen LogP contribution in [0.15, 0.2) is 6.08 Å². The van der Waals surface area contributed by atoms with Crippen molar-refractivity contribution in [2.75, 3.05) is 0 Å². The first kappa shape index (κ1) is 6.45. The Hall–Kier alpha value is -0.550. The van der Waals surface area contributed by atoms with Crippen molar-refractivity contribution in [3.8, 4) is 0 Å². The van der Waals surface area contributed by atoms with E-state index < -0.39 is 0 Å². The maximum Gasteiger partial charge on any atom is -0.0112 e. The van der Waals surface area contributed by atoms with Gasteiger partial charge in [0.05, 0.1) is 0 Å². The standard InChI is InChI=1S/C6H11N/c1-6(2,3)4-5-7/h4,7H,1-3H3. The minimum atomic E-state index is 0.127. The van der Waals surface area contributed by atoms with Gasteiger partial charge >= 0.3 is 0 Å². The predicted molar refractivity (Wildman–Crippen MR) is 31.8 cm³/mol. The average Bonchev–Trinajstić information content (AvgIpc) is 1.30. The molecule has 0 radical (unpaired) electrons. The molecule has 0 aromatic carbocycles. The van der Waals surface area contributed by atoms with Crippen LogP contribution in [0.5, 0.6) is 0 Å². The van der Waals surface area contributed by atoms with Crippen LogP contribution in [0.3, 0.4) is 0 Å². The van der Waals surface area contributed by atoms with Crippen LogP contribution in [0.1, 0.15) is 20.8 Å². The lowest BCUT2D eigenvalue weighted by atomic mass is 9.98. The molecule has 0 spiro atoms. The fraction of sp³-hybridized carbons (Fsp3) is 0.667. The molecule has 0 aliphatic carbocycles. The van der Waals surface area contributed by atoms with Crippen molar-refractivity contribution in [2.24, 2.45) is 5.41 Å². The fourth-order valence-electron chi connectivity index (χ4n) is 0.217. The van der Waals surface area contributed by atoms with Crippen LogP contribution in [0.25, 0.3) is 0 Å². The number of hydrogen-bond acceptors (Lipinski definition) is 1. The van der Waals surface area contributed by atoms with E-state index in [4.69, 9.17) is 5.41 Å². The molecule has 0 atom stereocenters. The van der Waals surface area contributed by atoms with Crippen LogP contribution >= 0.6 is 0 Å². The smallest absolute Gasteiger partial charge is 0.0112 e. The maximum atomic E-state index is 6.55. The number of allylic oxidation sites excluding steroid dienone is 1. The minimum absolute atomic E-state index is 0.127. The lowest BCUT2D eigenvalue weighted by Crippen LogP contribution is -1.97. The second kappa shape index (κ2) is 1.94. The Morgan fingerprint density at radius 1 is 1.43 bits per heavy atom. The Balaban J connectivity index is 3.80. The summed E-state index contributed by atoms with van der Waals surface area (Å²) in [5.74, 6) is 2.23. The van der Waals surface area contributed by atoms with Crippen molar-refractivity contribution >= 4 is 5.87 Å². The topological polar surface area (TPSA) is 23.9 Å². The molecule has 0 saturated heterocycles. The minimum Gasteiger partial charge on any atom is -0.259 e. The zero-order chi connectivity index (χ0) is 5.91. The molecule has 0 saturated carbocycles. The van der Waals surface area contributed by atoms with Gasteiger partial charge in [-0.1, -0.05) is 20.8 Å².